The average molecular weight is 443 g/mol. The maximum absolute atomic E-state index is 12.8. The Hall–Kier alpha value is -2.17. The Kier molecular flexibility index (Phi) is 8.42. The molecule has 8 nitrogen and oxygen atoms in total. The van der Waals surface area contributed by atoms with Crippen LogP contribution < -0.4 is 10.1 Å². The van der Waals surface area contributed by atoms with Crippen LogP contribution in [0.3, 0.4) is 0 Å². The monoisotopic (exact) mass is 442 g/mol. The van der Waals surface area contributed by atoms with Crippen molar-refractivity contribution in [3.05, 3.63) is 53.6 Å². The maximum atomic E-state index is 12.8. The van der Waals surface area contributed by atoms with Gasteiger partial charge in [-0.3, -0.25) is 4.79 Å². The van der Waals surface area contributed by atoms with Gasteiger partial charge in [0.25, 0.3) is 0 Å². The van der Waals surface area contributed by atoms with Crippen molar-refractivity contribution in [1.82, 2.24) is 4.31 Å². The van der Waals surface area contributed by atoms with Gasteiger partial charge in [-0.05, 0) is 48.5 Å². The molecular weight excluding hydrogens is 420 g/mol. The fraction of sp³-hybridized carbons (Fsp3) is 0.316. The highest BCUT2D eigenvalue weighted by molar-refractivity contribution is 7.89. The van der Waals surface area contributed by atoms with E-state index in [1.54, 1.807) is 24.3 Å². The van der Waals surface area contributed by atoms with E-state index < -0.39 is 22.7 Å². The van der Waals surface area contributed by atoms with Crippen molar-refractivity contribution in [2.75, 3.05) is 31.6 Å². The van der Waals surface area contributed by atoms with E-state index >= 15 is 0 Å². The van der Waals surface area contributed by atoms with Gasteiger partial charge in [0.15, 0.2) is 0 Å². The van der Waals surface area contributed by atoms with Crippen LogP contribution in [0.4, 0.5) is 5.69 Å². The number of benzene rings is 2. The first kappa shape index (κ1) is 23.1. The van der Waals surface area contributed by atoms with E-state index in [1.165, 1.54) is 31.2 Å². The first-order chi connectivity index (χ1) is 13.7. The standard InChI is InChI=1S/C19H23ClN2O6S/c1-14(24)21-16-4-6-18(7-5-16)28-13-17(25)12-22(10-11-23)29(26,27)19-8-2-15(20)3-9-19/h2-9,17,23,25H,10-13H2,1H3,(H,21,24). The number of hydrogen-bond acceptors (Lipinski definition) is 6. The van der Waals surface area contributed by atoms with Crippen molar-refractivity contribution in [1.29, 1.82) is 0 Å². The lowest BCUT2D eigenvalue weighted by Crippen LogP contribution is -2.41. The number of anilines is 1. The third kappa shape index (κ3) is 6.98. The summed E-state index contributed by atoms with van der Waals surface area (Å²) in [5, 5.41) is 22.5. The molecule has 1 unspecified atom stereocenters. The van der Waals surface area contributed by atoms with Crippen LogP contribution in [0.25, 0.3) is 0 Å². The number of carbonyl (C=O) groups is 1. The normalized spacial score (nSPS) is 12.6. The number of ether oxygens (including phenoxy) is 1. The summed E-state index contributed by atoms with van der Waals surface area (Å²) < 4.78 is 32.0. The minimum absolute atomic E-state index is 0.0111. The van der Waals surface area contributed by atoms with Gasteiger partial charge in [-0.15, -0.1) is 0 Å². The SMILES string of the molecule is CC(=O)Nc1ccc(OCC(O)CN(CCO)S(=O)(=O)c2ccc(Cl)cc2)cc1. The zero-order valence-corrected chi connectivity index (χ0v) is 17.4. The van der Waals surface area contributed by atoms with E-state index in [9.17, 15) is 23.4 Å². The summed E-state index contributed by atoms with van der Waals surface area (Å²) in [7, 11) is -3.92. The Morgan fingerprint density at radius 1 is 1.17 bits per heavy atom. The topological polar surface area (TPSA) is 116 Å². The molecule has 1 amide bonds. The second-order valence-electron chi connectivity index (χ2n) is 6.21. The zero-order valence-electron chi connectivity index (χ0n) is 15.8. The number of rotatable bonds is 10. The first-order valence-corrected chi connectivity index (χ1v) is 10.6. The molecule has 2 aromatic carbocycles. The second-order valence-corrected chi connectivity index (χ2v) is 8.59. The molecule has 0 radical (unpaired) electrons. The molecule has 2 aromatic rings. The van der Waals surface area contributed by atoms with Gasteiger partial charge in [0.2, 0.25) is 15.9 Å². The van der Waals surface area contributed by atoms with Crippen molar-refractivity contribution in [2.24, 2.45) is 0 Å². The van der Waals surface area contributed by atoms with E-state index in [2.05, 4.69) is 5.32 Å². The number of nitrogens with zero attached hydrogens (tertiary/aromatic N) is 1. The molecule has 0 aliphatic heterocycles. The molecule has 0 saturated carbocycles. The Morgan fingerprint density at radius 3 is 2.34 bits per heavy atom. The van der Waals surface area contributed by atoms with E-state index in [0.29, 0.717) is 16.5 Å². The lowest BCUT2D eigenvalue weighted by molar-refractivity contribution is -0.114. The number of hydrogen-bond donors (Lipinski definition) is 3. The molecular formula is C19H23ClN2O6S. The van der Waals surface area contributed by atoms with Crippen molar-refractivity contribution in [2.45, 2.75) is 17.9 Å². The highest BCUT2D eigenvalue weighted by Gasteiger charge is 2.26. The summed E-state index contributed by atoms with van der Waals surface area (Å²) in [5.74, 6) is 0.257. The number of nitrogens with one attached hydrogen (secondary N) is 1. The van der Waals surface area contributed by atoms with Crippen molar-refractivity contribution in [3.8, 4) is 5.75 Å². The predicted octanol–water partition coefficient (Wildman–Crippen LogP) is 1.72. The fourth-order valence-electron chi connectivity index (χ4n) is 2.49. The molecule has 2 rings (SSSR count). The second kappa shape index (κ2) is 10.6. The van der Waals surface area contributed by atoms with Crippen LogP contribution >= 0.6 is 11.6 Å². The van der Waals surface area contributed by atoms with Crippen molar-refractivity contribution >= 4 is 33.2 Å². The molecule has 0 bridgehead atoms. The molecule has 158 valence electrons. The zero-order chi connectivity index (χ0) is 21.4. The molecule has 3 N–H and O–H groups in total. The molecule has 0 aliphatic carbocycles. The first-order valence-electron chi connectivity index (χ1n) is 8.77. The summed E-state index contributed by atoms with van der Waals surface area (Å²) in [6, 6.07) is 12.2. The summed E-state index contributed by atoms with van der Waals surface area (Å²) in [6.07, 6.45) is -1.13. The number of aliphatic hydroxyl groups excluding tert-OH is 2. The number of halogens is 1. The summed E-state index contributed by atoms with van der Waals surface area (Å²) in [5.41, 5.74) is 0.605. The van der Waals surface area contributed by atoms with Crippen LogP contribution in [0.5, 0.6) is 5.75 Å². The molecule has 29 heavy (non-hydrogen) atoms. The molecule has 0 fully saturated rings. The lowest BCUT2D eigenvalue weighted by Gasteiger charge is -2.24. The van der Waals surface area contributed by atoms with Gasteiger partial charge in [-0.25, -0.2) is 8.42 Å². The van der Waals surface area contributed by atoms with E-state index in [1.807, 2.05) is 0 Å². The Bertz CT molecular complexity index is 903. The quantitative estimate of drug-likeness (QED) is 0.516. The Labute approximate surface area is 174 Å². The van der Waals surface area contributed by atoms with Crippen LogP contribution in [0.15, 0.2) is 53.4 Å². The van der Waals surface area contributed by atoms with Gasteiger partial charge >= 0.3 is 0 Å². The molecule has 0 spiro atoms. The van der Waals surface area contributed by atoms with E-state index in [4.69, 9.17) is 16.3 Å². The summed E-state index contributed by atoms with van der Waals surface area (Å²) >= 11 is 5.80. The van der Waals surface area contributed by atoms with Crippen molar-refractivity contribution in [3.63, 3.8) is 0 Å². The summed E-state index contributed by atoms with van der Waals surface area (Å²) in [6.45, 7) is 0.419. The molecule has 0 heterocycles. The summed E-state index contributed by atoms with van der Waals surface area (Å²) in [4.78, 5) is 11.0. The van der Waals surface area contributed by atoms with Gasteiger partial charge in [-0.1, -0.05) is 11.6 Å². The maximum Gasteiger partial charge on any atom is 0.243 e. The highest BCUT2D eigenvalue weighted by atomic mass is 35.5. The number of amides is 1. The minimum atomic E-state index is -3.92. The minimum Gasteiger partial charge on any atom is -0.491 e. The Balaban J connectivity index is 1.99. The van der Waals surface area contributed by atoms with Crippen molar-refractivity contribution < 1.29 is 28.2 Å². The molecule has 1 atom stereocenters. The van der Waals surface area contributed by atoms with Gasteiger partial charge in [0.05, 0.1) is 11.5 Å². The van der Waals surface area contributed by atoms with E-state index in [0.717, 1.165) is 4.31 Å². The number of carbonyl (C=O) groups excluding carboxylic acids is 1. The smallest absolute Gasteiger partial charge is 0.243 e. The predicted molar refractivity (Wildman–Crippen MR) is 110 cm³/mol. The molecule has 0 aliphatic rings. The van der Waals surface area contributed by atoms with E-state index in [-0.39, 0.29) is 30.5 Å². The van der Waals surface area contributed by atoms with Crippen LogP contribution in [0, 0.1) is 0 Å². The van der Waals surface area contributed by atoms with Gasteiger partial charge in [0.1, 0.15) is 18.5 Å². The van der Waals surface area contributed by atoms with Gasteiger partial charge < -0.3 is 20.3 Å². The van der Waals surface area contributed by atoms with Crippen LogP contribution in [-0.2, 0) is 14.8 Å². The Morgan fingerprint density at radius 2 is 1.79 bits per heavy atom. The fourth-order valence-corrected chi connectivity index (χ4v) is 4.09. The number of sulfonamides is 1. The lowest BCUT2D eigenvalue weighted by atomic mass is 10.3. The van der Waals surface area contributed by atoms with Crippen LogP contribution in [-0.4, -0.2) is 61.3 Å². The molecule has 0 saturated heterocycles. The average Bonchev–Trinajstić information content (AvgIpc) is 2.67. The third-order valence-electron chi connectivity index (χ3n) is 3.83. The molecule has 10 heteroatoms. The number of aliphatic hydroxyl groups is 2. The van der Waals surface area contributed by atoms with Crippen LogP contribution in [0.2, 0.25) is 5.02 Å². The molecule has 0 aromatic heterocycles. The van der Waals surface area contributed by atoms with Gasteiger partial charge in [-0.2, -0.15) is 4.31 Å². The largest absolute Gasteiger partial charge is 0.491 e. The van der Waals surface area contributed by atoms with Gasteiger partial charge in [0, 0.05) is 30.7 Å². The van der Waals surface area contributed by atoms with Crippen LogP contribution in [0.1, 0.15) is 6.92 Å². The third-order valence-corrected chi connectivity index (χ3v) is 5.96. The highest BCUT2D eigenvalue weighted by Crippen LogP contribution is 2.19.